The minimum Gasteiger partial charge on any atom is -0.487 e. The summed E-state index contributed by atoms with van der Waals surface area (Å²) in [7, 11) is 0. The molecule has 0 spiro atoms. The van der Waals surface area contributed by atoms with Crippen LogP contribution in [-0.4, -0.2) is 17.1 Å². The van der Waals surface area contributed by atoms with Crippen molar-refractivity contribution < 1.29 is 13.9 Å². The normalized spacial score (nSPS) is 10.8. The second-order valence-electron chi connectivity index (χ2n) is 5.01. The molecule has 1 N–H and O–H groups in total. The lowest BCUT2D eigenvalue weighted by molar-refractivity contribution is 0.0955. The molecule has 1 amide bonds. The fraction of sp³-hybridized carbons (Fsp3) is 0.0556. The summed E-state index contributed by atoms with van der Waals surface area (Å²) in [4.78, 5) is 16.5. The van der Waals surface area contributed by atoms with Gasteiger partial charge in [-0.3, -0.25) is 9.78 Å². The van der Waals surface area contributed by atoms with Crippen molar-refractivity contribution in [2.45, 2.75) is 6.61 Å². The Balaban J connectivity index is 1.59. The monoisotopic (exact) mass is 355 g/mol. The van der Waals surface area contributed by atoms with Gasteiger partial charge < -0.3 is 4.74 Å². The number of aromatic nitrogens is 1. The van der Waals surface area contributed by atoms with Crippen LogP contribution >= 0.6 is 11.3 Å². The molecule has 0 aliphatic rings. The molecule has 2 aromatic heterocycles. The summed E-state index contributed by atoms with van der Waals surface area (Å²) in [6, 6.07) is 11.3. The first kappa shape index (κ1) is 16.8. The molecule has 1 aromatic carbocycles. The highest BCUT2D eigenvalue weighted by Crippen LogP contribution is 2.25. The molecule has 7 heteroatoms. The molecule has 0 atom stereocenters. The molecule has 0 fully saturated rings. The predicted molar refractivity (Wildman–Crippen MR) is 94.3 cm³/mol. The minimum atomic E-state index is -0.352. The number of hydrogen-bond donors (Lipinski definition) is 1. The summed E-state index contributed by atoms with van der Waals surface area (Å²) < 4.78 is 18.6. The lowest BCUT2D eigenvalue weighted by Gasteiger charge is -2.06. The zero-order valence-electron chi connectivity index (χ0n) is 13.1. The Morgan fingerprint density at radius 3 is 2.72 bits per heavy atom. The van der Waals surface area contributed by atoms with Crippen LogP contribution in [0.2, 0.25) is 0 Å². The van der Waals surface area contributed by atoms with E-state index in [1.165, 1.54) is 29.7 Å². The fourth-order valence-electron chi connectivity index (χ4n) is 1.98. The maximum atomic E-state index is 12.9. The molecular formula is C18H14FN3O2S. The van der Waals surface area contributed by atoms with Gasteiger partial charge in [-0.05, 0) is 46.8 Å². The summed E-state index contributed by atoms with van der Waals surface area (Å²) in [5, 5.41) is 5.69. The Hall–Kier alpha value is -3.06. The van der Waals surface area contributed by atoms with Gasteiger partial charge in [0.25, 0.3) is 5.91 Å². The van der Waals surface area contributed by atoms with Gasteiger partial charge in [0.15, 0.2) is 0 Å². The average molecular weight is 355 g/mol. The summed E-state index contributed by atoms with van der Waals surface area (Å²) in [6.07, 6.45) is 4.82. The molecule has 2 heterocycles. The highest BCUT2D eigenvalue weighted by Gasteiger charge is 2.14. The predicted octanol–water partition coefficient (Wildman–Crippen LogP) is 3.63. The molecule has 0 aliphatic carbocycles. The highest BCUT2D eigenvalue weighted by atomic mass is 32.1. The van der Waals surface area contributed by atoms with E-state index >= 15 is 0 Å². The molecule has 0 saturated heterocycles. The Morgan fingerprint density at radius 2 is 1.96 bits per heavy atom. The number of ether oxygens (including phenoxy) is 1. The van der Waals surface area contributed by atoms with Crippen molar-refractivity contribution in [3.05, 3.63) is 82.1 Å². The molecule has 0 unspecified atom stereocenters. The van der Waals surface area contributed by atoms with E-state index in [4.69, 9.17) is 4.74 Å². The lowest BCUT2D eigenvalue weighted by atomic mass is 10.2. The quantitative estimate of drug-likeness (QED) is 0.542. The number of rotatable bonds is 6. The van der Waals surface area contributed by atoms with Crippen molar-refractivity contribution >= 4 is 23.5 Å². The number of nitrogens with zero attached hydrogens (tertiary/aromatic N) is 2. The van der Waals surface area contributed by atoms with Gasteiger partial charge in [-0.1, -0.05) is 12.1 Å². The van der Waals surface area contributed by atoms with Crippen LogP contribution in [0.3, 0.4) is 0 Å². The van der Waals surface area contributed by atoms with Crippen molar-refractivity contribution in [2.24, 2.45) is 5.10 Å². The van der Waals surface area contributed by atoms with E-state index < -0.39 is 0 Å². The van der Waals surface area contributed by atoms with E-state index in [0.717, 1.165) is 11.1 Å². The number of halogens is 1. The topological polar surface area (TPSA) is 63.6 Å². The third kappa shape index (κ3) is 4.71. The maximum absolute atomic E-state index is 12.9. The zero-order chi connectivity index (χ0) is 17.5. The van der Waals surface area contributed by atoms with Crippen LogP contribution in [0.25, 0.3) is 0 Å². The first-order valence-corrected chi connectivity index (χ1v) is 8.28. The standard InChI is InChI=1S/C18H14FN3O2S/c19-15-3-1-14(2-4-15)12-24-16-7-10-25-17(16)18(23)22-21-11-13-5-8-20-9-6-13/h1-11H,12H2,(H,22,23)/b21-11+. The molecule has 25 heavy (non-hydrogen) atoms. The van der Waals surface area contributed by atoms with Gasteiger partial charge in [-0.25, -0.2) is 9.82 Å². The van der Waals surface area contributed by atoms with Crippen LogP contribution in [0.15, 0.2) is 65.3 Å². The number of amides is 1. The number of carbonyl (C=O) groups is 1. The van der Waals surface area contributed by atoms with Crippen molar-refractivity contribution in [3.8, 4) is 5.75 Å². The first-order valence-electron chi connectivity index (χ1n) is 7.40. The third-order valence-electron chi connectivity index (χ3n) is 3.23. The van der Waals surface area contributed by atoms with Crippen molar-refractivity contribution in [1.29, 1.82) is 0 Å². The lowest BCUT2D eigenvalue weighted by Crippen LogP contribution is -2.17. The number of carbonyl (C=O) groups excluding carboxylic acids is 1. The summed E-state index contributed by atoms with van der Waals surface area (Å²) in [5.41, 5.74) is 4.11. The molecule has 5 nitrogen and oxygen atoms in total. The van der Waals surface area contributed by atoms with Gasteiger partial charge in [0, 0.05) is 12.4 Å². The smallest absolute Gasteiger partial charge is 0.285 e. The molecular weight excluding hydrogens is 341 g/mol. The van der Waals surface area contributed by atoms with Crippen LogP contribution in [0.1, 0.15) is 20.8 Å². The molecule has 3 rings (SSSR count). The van der Waals surface area contributed by atoms with Crippen LogP contribution in [0.4, 0.5) is 4.39 Å². The van der Waals surface area contributed by atoms with E-state index in [1.807, 2.05) is 0 Å². The van der Waals surface area contributed by atoms with Crippen molar-refractivity contribution in [2.75, 3.05) is 0 Å². The summed E-state index contributed by atoms with van der Waals surface area (Å²) in [5.74, 6) is -0.188. The van der Waals surface area contributed by atoms with Gasteiger partial charge in [0.05, 0.1) is 6.21 Å². The second kappa shape index (κ2) is 8.16. The van der Waals surface area contributed by atoms with Gasteiger partial charge >= 0.3 is 0 Å². The van der Waals surface area contributed by atoms with Gasteiger partial charge in [-0.15, -0.1) is 11.3 Å². The molecule has 0 bridgehead atoms. The Kier molecular flexibility index (Phi) is 5.48. The fourth-order valence-corrected chi connectivity index (χ4v) is 2.71. The van der Waals surface area contributed by atoms with E-state index in [2.05, 4.69) is 15.5 Å². The molecule has 0 saturated carbocycles. The average Bonchev–Trinajstić information content (AvgIpc) is 3.11. The second-order valence-corrected chi connectivity index (χ2v) is 5.92. The Labute approximate surface area is 147 Å². The van der Waals surface area contributed by atoms with Gasteiger partial charge in [-0.2, -0.15) is 5.10 Å². The third-order valence-corrected chi connectivity index (χ3v) is 4.12. The number of hydrazone groups is 1. The molecule has 3 aromatic rings. The van der Waals surface area contributed by atoms with Crippen LogP contribution < -0.4 is 10.2 Å². The summed E-state index contributed by atoms with van der Waals surface area (Å²) >= 11 is 1.26. The zero-order valence-corrected chi connectivity index (χ0v) is 13.9. The minimum absolute atomic E-state index is 0.248. The summed E-state index contributed by atoms with van der Waals surface area (Å²) in [6.45, 7) is 0.248. The van der Waals surface area contributed by atoms with E-state index in [9.17, 15) is 9.18 Å². The number of benzene rings is 1. The number of hydrogen-bond acceptors (Lipinski definition) is 5. The number of pyridine rings is 1. The molecule has 0 radical (unpaired) electrons. The van der Waals surface area contributed by atoms with Gasteiger partial charge in [0.1, 0.15) is 23.1 Å². The Morgan fingerprint density at radius 1 is 1.20 bits per heavy atom. The molecule has 126 valence electrons. The van der Waals surface area contributed by atoms with E-state index in [0.29, 0.717) is 10.6 Å². The number of nitrogens with one attached hydrogen (secondary N) is 1. The number of thiophene rings is 1. The van der Waals surface area contributed by atoms with Gasteiger partial charge in [0.2, 0.25) is 0 Å². The Bertz CT molecular complexity index is 864. The molecule has 0 aliphatic heterocycles. The maximum Gasteiger partial charge on any atom is 0.285 e. The largest absolute Gasteiger partial charge is 0.487 e. The van der Waals surface area contributed by atoms with E-state index in [1.54, 1.807) is 48.1 Å². The van der Waals surface area contributed by atoms with Crippen molar-refractivity contribution in [1.82, 2.24) is 10.4 Å². The van der Waals surface area contributed by atoms with Crippen LogP contribution in [0, 0.1) is 5.82 Å². The SMILES string of the molecule is O=C(N/N=C/c1ccncc1)c1sccc1OCc1ccc(F)cc1. The van der Waals surface area contributed by atoms with Crippen LogP contribution in [-0.2, 0) is 6.61 Å². The van der Waals surface area contributed by atoms with Crippen molar-refractivity contribution in [3.63, 3.8) is 0 Å². The van der Waals surface area contributed by atoms with E-state index in [-0.39, 0.29) is 18.3 Å². The highest BCUT2D eigenvalue weighted by molar-refractivity contribution is 7.12. The van der Waals surface area contributed by atoms with Crippen LogP contribution in [0.5, 0.6) is 5.75 Å². The first-order chi connectivity index (χ1) is 12.2.